The normalized spacial score (nSPS) is 11.6. The molecule has 30 heavy (non-hydrogen) atoms. The first-order valence-corrected chi connectivity index (χ1v) is 10.5. The van der Waals surface area contributed by atoms with Crippen LogP contribution in [0.15, 0.2) is 52.4 Å². The molecule has 1 amide bonds. The number of thiophene rings is 1. The van der Waals surface area contributed by atoms with Gasteiger partial charge in [0.2, 0.25) is 11.8 Å². The molecular weight excluding hydrogens is 398 g/mol. The number of carbonyl (C=O) groups excluding carboxylic acids is 1. The number of anilines is 1. The Morgan fingerprint density at radius 3 is 2.73 bits per heavy atom. The lowest BCUT2D eigenvalue weighted by Crippen LogP contribution is -2.18. The zero-order valence-electron chi connectivity index (χ0n) is 17.3. The highest BCUT2D eigenvalue weighted by Gasteiger charge is 2.22. The predicted octanol–water partition coefficient (Wildman–Crippen LogP) is 4.77. The summed E-state index contributed by atoms with van der Waals surface area (Å²) in [5.41, 5.74) is 1.31. The van der Waals surface area contributed by atoms with Gasteiger partial charge < -0.3 is 9.73 Å². The van der Waals surface area contributed by atoms with Gasteiger partial charge in [-0.2, -0.15) is 9.78 Å². The molecule has 0 saturated carbocycles. The molecular formula is C22H23N5O2S. The van der Waals surface area contributed by atoms with Crippen LogP contribution in [0.4, 0.5) is 5.82 Å². The van der Waals surface area contributed by atoms with E-state index in [0.29, 0.717) is 29.0 Å². The summed E-state index contributed by atoms with van der Waals surface area (Å²) in [4.78, 5) is 22.6. The highest BCUT2D eigenvalue weighted by Crippen LogP contribution is 2.27. The van der Waals surface area contributed by atoms with Crippen LogP contribution >= 0.6 is 11.3 Å². The van der Waals surface area contributed by atoms with E-state index in [-0.39, 0.29) is 17.7 Å². The third kappa shape index (κ3) is 4.18. The molecule has 0 unspecified atom stereocenters. The lowest BCUT2D eigenvalue weighted by atomic mass is 9.92. The Hall–Kier alpha value is -3.26. The van der Waals surface area contributed by atoms with Crippen LogP contribution in [0.1, 0.15) is 37.9 Å². The maximum atomic E-state index is 12.8. The molecule has 1 N–H and O–H groups in total. The van der Waals surface area contributed by atoms with Gasteiger partial charge in [0.05, 0.1) is 22.7 Å². The van der Waals surface area contributed by atoms with Gasteiger partial charge in [0.15, 0.2) is 5.82 Å². The second kappa shape index (κ2) is 7.87. The largest absolute Gasteiger partial charge is 0.440 e. The number of aryl methyl sites for hydroxylation is 1. The van der Waals surface area contributed by atoms with E-state index in [0.717, 1.165) is 10.6 Å². The lowest BCUT2D eigenvalue weighted by Gasteiger charge is -2.13. The van der Waals surface area contributed by atoms with Crippen molar-refractivity contribution in [1.82, 2.24) is 19.7 Å². The van der Waals surface area contributed by atoms with E-state index in [9.17, 15) is 4.79 Å². The maximum absolute atomic E-state index is 12.8. The monoisotopic (exact) mass is 421 g/mol. The van der Waals surface area contributed by atoms with Gasteiger partial charge in [-0.05, 0) is 30.5 Å². The van der Waals surface area contributed by atoms with E-state index >= 15 is 0 Å². The van der Waals surface area contributed by atoms with Crippen LogP contribution in [0.3, 0.4) is 0 Å². The SMILES string of the molecule is Cc1oc(-c2cccs2)nc1CC(=O)Nc1cc(C(C)(C)C)nn1-c1ccccn1. The Bertz CT molecular complexity index is 1150. The van der Waals surface area contributed by atoms with E-state index < -0.39 is 0 Å². The van der Waals surface area contributed by atoms with Crippen LogP contribution < -0.4 is 5.32 Å². The van der Waals surface area contributed by atoms with Gasteiger partial charge in [0.25, 0.3) is 0 Å². The molecule has 7 nitrogen and oxygen atoms in total. The fraction of sp³-hybridized carbons (Fsp3) is 0.273. The summed E-state index contributed by atoms with van der Waals surface area (Å²) in [7, 11) is 0. The van der Waals surface area contributed by atoms with Gasteiger partial charge in [-0.3, -0.25) is 4.79 Å². The van der Waals surface area contributed by atoms with Gasteiger partial charge >= 0.3 is 0 Å². The van der Waals surface area contributed by atoms with Crippen molar-refractivity contribution in [1.29, 1.82) is 0 Å². The average Bonchev–Trinajstić information content (AvgIpc) is 3.43. The van der Waals surface area contributed by atoms with E-state index in [1.54, 1.807) is 22.2 Å². The topological polar surface area (TPSA) is 85.8 Å². The molecule has 0 aliphatic rings. The first-order valence-electron chi connectivity index (χ1n) is 9.63. The quantitative estimate of drug-likeness (QED) is 0.502. The molecule has 0 aromatic carbocycles. The number of hydrogen-bond acceptors (Lipinski definition) is 6. The van der Waals surface area contributed by atoms with Crippen molar-refractivity contribution in [2.45, 2.75) is 39.5 Å². The van der Waals surface area contributed by atoms with Gasteiger partial charge in [0.1, 0.15) is 11.6 Å². The third-order valence-corrected chi connectivity index (χ3v) is 5.42. The van der Waals surface area contributed by atoms with E-state index in [1.807, 2.05) is 48.7 Å². The summed E-state index contributed by atoms with van der Waals surface area (Å²) in [6.07, 6.45) is 1.81. The summed E-state index contributed by atoms with van der Waals surface area (Å²) in [6.45, 7) is 8.06. The van der Waals surface area contributed by atoms with Gasteiger partial charge in [-0.25, -0.2) is 9.97 Å². The number of rotatable bonds is 5. The van der Waals surface area contributed by atoms with Crippen LogP contribution in [0.2, 0.25) is 0 Å². The van der Waals surface area contributed by atoms with Crippen molar-refractivity contribution in [3.63, 3.8) is 0 Å². The standard InChI is InChI=1S/C22H23N5O2S/c1-14-15(24-21(29-14)16-8-7-11-30-16)12-20(28)25-19-13-17(22(2,3)4)26-27(19)18-9-5-6-10-23-18/h5-11,13H,12H2,1-4H3,(H,25,28). The van der Waals surface area contributed by atoms with Gasteiger partial charge in [-0.1, -0.05) is 32.9 Å². The van der Waals surface area contributed by atoms with Crippen LogP contribution in [0.5, 0.6) is 0 Å². The van der Waals surface area contributed by atoms with E-state index in [4.69, 9.17) is 4.42 Å². The van der Waals surface area contributed by atoms with Crippen LogP contribution in [-0.2, 0) is 16.6 Å². The number of oxazole rings is 1. The highest BCUT2D eigenvalue weighted by molar-refractivity contribution is 7.13. The Balaban J connectivity index is 1.58. The molecule has 154 valence electrons. The zero-order valence-corrected chi connectivity index (χ0v) is 18.2. The fourth-order valence-electron chi connectivity index (χ4n) is 2.93. The minimum atomic E-state index is -0.193. The summed E-state index contributed by atoms with van der Waals surface area (Å²) >= 11 is 1.55. The Labute approximate surface area is 178 Å². The molecule has 4 aromatic heterocycles. The molecule has 0 aliphatic carbocycles. The predicted molar refractivity (Wildman–Crippen MR) is 117 cm³/mol. The molecule has 0 aliphatic heterocycles. The molecule has 0 saturated heterocycles. The summed E-state index contributed by atoms with van der Waals surface area (Å²) in [6, 6.07) is 11.4. The highest BCUT2D eigenvalue weighted by atomic mass is 32.1. The molecule has 0 radical (unpaired) electrons. The number of aromatic nitrogens is 4. The minimum absolute atomic E-state index is 0.110. The van der Waals surface area contributed by atoms with Gasteiger partial charge in [-0.15, -0.1) is 11.3 Å². The average molecular weight is 422 g/mol. The van der Waals surface area contributed by atoms with E-state index in [2.05, 4.69) is 41.2 Å². The molecule has 8 heteroatoms. The van der Waals surface area contributed by atoms with Crippen molar-refractivity contribution < 1.29 is 9.21 Å². The van der Waals surface area contributed by atoms with Gasteiger partial charge in [0, 0.05) is 17.7 Å². The third-order valence-electron chi connectivity index (χ3n) is 4.56. The van der Waals surface area contributed by atoms with E-state index in [1.165, 1.54) is 0 Å². The molecule has 0 bridgehead atoms. The first-order chi connectivity index (χ1) is 14.3. The molecule has 4 heterocycles. The summed E-state index contributed by atoms with van der Waals surface area (Å²) in [5.74, 6) is 2.20. The second-order valence-electron chi connectivity index (χ2n) is 7.99. The second-order valence-corrected chi connectivity index (χ2v) is 8.94. The molecule has 0 spiro atoms. The Morgan fingerprint density at radius 2 is 2.07 bits per heavy atom. The number of pyridine rings is 1. The minimum Gasteiger partial charge on any atom is -0.440 e. The molecule has 0 atom stereocenters. The summed E-state index contributed by atoms with van der Waals surface area (Å²) in [5, 5.41) is 9.60. The van der Waals surface area contributed by atoms with Crippen molar-refractivity contribution in [3.05, 3.63) is 65.1 Å². The lowest BCUT2D eigenvalue weighted by molar-refractivity contribution is -0.115. The summed E-state index contributed by atoms with van der Waals surface area (Å²) < 4.78 is 7.40. The number of carbonyl (C=O) groups is 1. The van der Waals surface area contributed by atoms with Crippen LogP contribution in [0, 0.1) is 6.92 Å². The number of nitrogens with one attached hydrogen (secondary N) is 1. The first kappa shape index (κ1) is 20.0. The Morgan fingerprint density at radius 1 is 1.23 bits per heavy atom. The van der Waals surface area contributed by atoms with Crippen LogP contribution in [0.25, 0.3) is 16.6 Å². The fourth-order valence-corrected chi connectivity index (χ4v) is 3.58. The Kier molecular flexibility index (Phi) is 5.26. The smallest absolute Gasteiger partial charge is 0.236 e. The molecule has 0 fully saturated rings. The number of nitrogens with zero attached hydrogens (tertiary/aromatic N) is 4. The number of amides is 1. The van der Waals surface area contributed by atoms with Crippen molar-refractivity contribution in [3.8, 4) is 16.6 Å². The van der Waals surface area contributed by atoms with Crippen molar-refractivity contribution in [2.24, 2.45) is 0 Å². The molecule has 4 rings (SSSR count). The maximum Gasteiger partial charge on any atom is 0.236 e. The molecule has 4 aromatic rings. The zero-order chi connectivity index (χ0) is 21.3. The number of hydrogen-bond donors (Lipinski definition) is 1. The van der Waals surface area contributed by atoms with Crippen molar-refractivity contribution >= 4 is 23.1 Å². The van der Waals surface area contributed by atoms with Crippen molar-refractivity contribution in [2.75, 3.05) is 5.32 Å². The van der Waals surface area contributed by atoms with Crippen LogP contribution in [-0.4, -0.2) is 25.7 Å².